The van der Waals surface area contributed by atoms with E-state index in [9.17, 15) is 4.79 Å². The molecule has 0 aliphatic rings. The Balaban J connectivity index is 1.43. The number of nitrogens with one attached hydrogen (secondary N) is 1. The Bertz CT molecular complexity index is 1150. The number of carbonyl (C=O) groups excluding carboxylic acids is 1. The number of fused-ring (bicyclic) bond motifs is 1. The zero-order valence-corrected chi connectivity index (χ0v) is 18.3. The van der Waals surface area contributed by atoms with Gasteiger partial charge in [-0.1, -0.05) is 52.0 Å². The van der Waals surface area contributed by atoms with Crippen LogP contribution in [0.1, 0.15) is 16.1 Å². The lowest BCUT2D eigenvalue weighted by atomic mass is 10.1. The number of benzene rings is 2. The zero-order valence-electron chi connectivity index (χ0n) is 15.9. The molecule has 1 N–H and O–H groups in total. The van der Waals surface area contributed by atoms with E-state index in [4.69, 9.17) is 9.15 Å². The quantitative estimate of drug-likeness (QED) is 0.213. The Kier molecular flexibility index (Phi) is 6.66. The van der Waals surface area contributed by atoms with Gasteiger partial charge in [0.1, 0.15) is 17.9 Å². The fourth-order valence-corrected chi connectivity index (χ4v) is 4.10. The number of para-hydroxylation sites is 1. The van der Waals surface area contributed by atoms with Gasteiger partial charge in [0.2, 0.25) is 0 Å². The highest BCUT2D eigenvalue weighted by atomic mass is 79.9. The lowest BCUT2D eigenvalue weighted by Crippen LogP contribution is -2.28. The summed E-state index contributed by atoms with van der Waals surface area (Å²) in [7, 11) is 0. The Morgan fingerprint density at radius 3 is 2.77 bits per heavy atom. The number of furan rings is 1. The van der Waals surface area contributed by atoms with Crippen molar-refractivity contribution >= 4 is 44.6 Å². The second kappa shape index (κ2) is 9.77. The fourth-order valence-electron chi connectivity index (χ4n) is 2.89. The molecule has 30 heavy (non-hydrogen) atoms. The van der Waals surface area contributed by atoms with Gasteiger partial charge in [-0.2, -0.15) is 0 Å². The number of aromatic nitrogens is 2. The van der Waals surface area contributed by atoms with Crippen molar-refractivity contribution in [3.63, 3.8) is 0 Å². The Labute approximate surface area is 186 Å². The second-order valence-corrected chi connectivity index (χ2v) is 8.15. The molecular formula is C22H18BrN3O3S. The summed E-state index contributed by atoms with van der Waals surface area (Å²) >= 11 is 4.87. The first-order valence-electron chi connectivity index (χ1n) is 9.27. The van der Waals surface area contributed by atoms with Crippen molar-refractivity contribution in [2.24, 2.45) is 0 Å². The molecule has 2 heterocycles. The molecule has 0 radical (unpaired) electrons. The summed E-state index contributed by atoms with van der Waals surface area (Å²) in [6, 6.07) is 17.0. The van der Waals surface area contributed by atoms with E-state index in [-0.39, 0.29) is 5.91 Å². The third kappa shape index (κ3) is 5.01. The van der Waals surface area contributed by atoms with Crippen LogP contribution < -0.4 is 10.1 Å². The van der Waals surface area contributed by atoms with Gasteiger partial charge in [-0.15, -0.1) is 0 Å². The first kappa shape index (κ1) is 20.4. The molecule has 4 aromatic rings. The number of halogens is 1. The maximum atomic E-state index is 12.8. The zero-order chi connectivity index (χ0) is 20.8. The first-order chi connectivity index (χ1) is 14.7. The molecule has 0 aliphatic heterocycles. The molecule has 2 aromatic heterocycles. The minimum Gasteiger partial charge on any atom is -0.492 e. The fraction of sp³-hybridized carbons (Fsp3) is 0.136. The van der Waals surface area contributed by atoms with Gasteiger partial charge in [-0.3, -0.25) is 4.79 Å². The Morgan fingerprint density at radius 1 is 1.10 bits per heavy atom. The third-order valence-electron chi connectivity index (χ3n) is 4.24. The molecule has 0 saturated carbocycles. The summed E-state index contributed by atoms with van der Waals surface area (Å²) in [6.07, 6.45) is 3.39. The number of ether oxygens (including phenoxy) is 1. The smallest absolute Gasteiger partial charge is 0.287 e. The maximum absolute atomic E-state index is 12.8. The summed E-state index contributed by atoms with van der Waals surface area (Å²) in [5.41, 5.74) is 1.51. The minimum atomic E-state index is -0.270. The highest BCUT2D eigenvalue weighted by molar-refractivity contribution is 9.10. The van der Waals surface area contributed by atoms with Gasteiger partial charge >= 0.3 is 0 Å². The monoisotopic (exact) mass is 483 g/mol. The minimum absolute atomic E-state index is 0.270. The molecule has 0 unspecified atom stereocenters. The second-order valence-electron chi connectivity index (χ2n) is 6.29. The van der Waals surface area contributed by atoms with Gasteiger partial charge in [0, 0.05) is 33.6 Å². The number of carbonyl (C=O) groups is 1. The van der Waals surface area contributed by atoms with Crippen molar-refractivity contribution in [2.75, 3.05) is 13.2 Å². The van der Waals surface area contributed by atoms with Crippen LogP contribution >= 0.6 is 27.7 Å². The SMILES string of the molecule is O=C(NCCOc1cccc(Br)c1)c1oc2ccccc2c1CSc1ncccn1. The molecule has 0 bridgehead atoms. The molecule has 4 rings (SSSR count). The standard InChI is InChI=1S/C22H18BrN3O3S/c23-15-5-3-6-16(13-15)28-12-11-24-21(27)20-18(14-30-22-25-9-4-10-26-22)17-7-1-2-8-19(17)29-20/h1-10,13H,11-12,14H2,(H,24,27). The molecule has 1 amide bonds. The van der Waals surface area contributed by atoms with E-state index in [0.29, 0.717) is 35.4 Å². The number of amides is 1. The molecule has 152 valence electrons. The van der Waals surface area contributed by atoms with Crippen molar-refractivity contribution in [1.82, 2.24) is 15.3 Å². The van der Waals surface area contributed by atoms with Crippen molar-refractivity contribution in [3.8, 4) is 5.75 Å². The molecule has 8 heteroatoms. The van der Waals surface area contributed by atoms with Gasteiger partial charge in [0.15, 0.2) is 10.9 Å². The molecule has 6 nitrogen and oxygen atoms in total. The Hall–Kier alpha value is -2.84. The van der Waals surface area contributed by atoms with Gasteiger partial charge in [-0.05, 0) is 30.3 Å². The summed E-state index contributed by atoms with van der Waals surface area (Å²) < 4.78 is 12.5. The van der Waals surface area contributed by atoms with Crippen LogP contribution in [0, 0.1) is 0 Å². The number of hydrogen-bond acceptors (Lipinski definition) is 6. The summed E-state index contributed by atoms with van der Waals surface area (Å²) in [6.45, 7) is 0.709. The van der Waals surface area contributed by atoms with Gasteiger partial charge < -0.3 is 14.5 Å². The van der Waals surface area contributed by atoms with E-state index in [1.54, 1.807) is 18.5 Å². The third-order valence-corrected chi connectivity index (χ3v) is 5.64. The maximum Gasteiger partial charge on any atom is 0.287 e. The van der Waals surface area contributed by atoms with Gasteiger partial charge in [-0.25, -0.2) is 9.97 Å². The molecule has 0 atom stereocenters. The van der Waals surface area contributed by atoms with E-state index in [2.05, 4.69) is 31.2 Å². The van der Waals surface area contributed by atoms with Crippen LogP contribution in [0.4, 0.5) is 0 Å². The number of thioether (sulfide) groups is 1. The molecule has 2 aromatic carbocycles. The van der Waals surface area contributed by atoms with E-state index in [1.165, 1.54) is 11.8 Å². The number of nitrogens with zero attached hydrogens (tertiary/aromatic N) is 2. The van der Waals surface area contributed by atoms with Crippen molar-refractivity contribution < 1.29 is 13.9 Å². The average Bonchev–Trinajstić information content (AvgIpc) is 3.15. The largest absolute Gasteiger partial charge is 0.492 e. The topological polar surface area (TPSA) is 77.2 Å². The lowest BCUT2D eigenvalue weighted by Gasteiger charge is -2.08. The van der Waals surface area contributed by atoms with Crippen LogP contribution in [0.15, 0.2) is 81.0 Å². The van der Waals surface area contributed by atoms with Gasteiger partial charge in [0.25, 0.3) is 5.91 Å². The number of rotatable bonds is 8. The summed E-state index contributed by atoms with van der Waals surface area (Å²) in [4.78, 5) is 21.3. The lowest BCUT2D eigenvalue weighted by molar-refractivity contribution is 0.0920. The van der Waals surface area contributed by atoms with Crippen LogP contribution in [0.25, 0.3) is 11.0 Å². The van der Waals surface area contributed by atoms with E-state index in [1.807, 2.05) is 48.5 Å². The van der Waals surface area contributed by atoms with Crippen molar-refractivity contribution in [2.45, 2.75) is 10.9 Å². The molecular weight excluding hydrogens is 466 g/mol. The van der Waals surface area contributed by atoms with Crippen LogP contribution in [-0.2, 0) is 5.75 Å². The summed E-state index contributed by atoms with van der Waals surface area (Å²) in [5.74, 6) is 1.30. The van der Waals surface area contributed by atoms with Crippen molar-refractivity contribution in [3.05, 3.63) is 82.8 Å². The van der Waals surface area contributed by atoms with Crippen LogP contribution in [0.3, 0.4) is 0 Å². The van der Waals surface area contributed by atoms with E-state index in [0.717, 1.165) is 21.2 Å². The van der Waals surface area contributed by atoms with Crippen LogP contribution in [0.5, 0.6) is 5.75 Å². The van der Waals surface area contributed by atoms with E-state index >= 15 is 0 Å². The first-order valence-corrected chi connectivity index (χ1v) is 11.1. The predicted octanol–water partition coefficient (Wildman–Crippen LogP) is 5.09. The van der Waals surface area contributed by atoms with Crippen LogP contribution in [-0.4, -0.2) is 29.0 Å². The molecule has 0 spiro atoms. The average molecular weight is 484 g/mol. The summed E-state index contributed by atoms with van der Waals surface area (Å²) in [5, 5.41) is 4.44. The predicted molar refractivity (Wildman–Crippen MR) is 120 cm³/mol. The molecule has 0 aliphatic carbocycles. The van der Waals surface area contributed by atoms with Crippen molar-refractivity contribution in [1.29, 1.82) is 0 Å². The molecule has 0 saturated heterocycles. The normalized spacial score (nSPS) is 10.8. The Morgan fingerprint density at radius 2 is 1.93 bits per heavy atom. The van der Waals surface area contributed by atoms with E-state index < -0.39 is 0 Å². The highest BCUT2D eigenvalue weighted by Crippen LogP contribution is 2.31. The van der Waals surface area contributed by atoms with Gasteiger partial charge in [0.05, 0.1) is 6.54 Å². The highest BCUT2D eigenvalue weighted by Gasteiger charge is 2.20. The number of hydrogen-bond donors (Lipinski definition) is 1. The van der Waals surface area contributed by atoms with Crippen LogP contribution in [0.2, 0.25) is 0 Å². The molecule has 0 fully saturated rings.